The second-order valence-electron chi connectivity index (χ2n) is 7.35. The quantitative estimate of drug-likeness (QED) is 0.601. The Balaban J connectivity index is 1.56. The van der Waals surface area contributed by atoms with Crippen LogP contribution in [0.2, 0.25) is 0 Å². The van der Waals surface area contributed by atoms with E-state index in [4.69, 9.17) is 9.47 Å². The Morgan fingerprint density at radius 3 is 2.32 bits per heavy atom. The molecule has 8 nitrogen and oxygen atoms in total. The number of carbonyl (C=O) groups excluding carboxylic acids is 3. The summed E-state index contributed by atoms with van der Waals surface area (Å²) in [5.74, 6) is 0.585. The van der Waals surface area contributed by atoms with Crippen LogP contribution in [0.5, 0.6) is 11.5 Å². The maximum Gasteiger partial charge on any atom is 0.325 e. The van der Waals surface area contributed by atoms with Crippen molar-refractivity contribution in [3.05, 3.63) is 59.7 Å². The molecule has 0 bridgehead atoms. The molecule has 31 heavy (non-hydrogen) atoms. The van der Waals surface area contributed by atoms with Gasteiger partial charge in [-0.15, -0.1) is 0 Å². The molecular formula is C23H27N3O5. The fraction of sp³-hybridized carbons (Fsp3) is 0.348. The number of amides is 4. The lowest BCUT2D eigenvalue weighted by Crippen LogP contribution is -2.43. The standard InChI is InChI=1S/C23H27N3O5/c1-4-31-19-11-7-17(8-12-19)23(2)21(28)26(22(29)25-23)15-20(27)24-14-13-16-5-9-18(30-3)10-6-16/h5-12H,4,13-15H2,1-3H3,(H,24,27)(H,25,29)/t23-/m0/s1. The number of hydrogen-bond acceptors (Lipinski definition) is 5. The van der Waals surface area contributed by atoms with Gasteiger partial charge in [-0.2, -0.15) is 0 Å². The van der Waals surface area contributed by atoms with E-state index >= 15 is 0 Å². The van der Waals surface area contributed by atoms with Gasteiger partial charge in [0, 0.05) is 6.54 Å². The minimum absolute atomic E-state index is 0.333. The number of imide groups is 1. The van der Waals surface area contributed by atoms with E-state index in [9.17, 15) is 14.4 Å². The molecule has 0 aromatic heterocycles. The van der Waals surface area contributed by atoms with Gasteiger partial charge in [-0.25, -0.2) is 4.79 Å². The summed E-state index contributed by atoms with van der Waals surface area (Å²) in [5, 5.41) is 5.46. The van der Waals surface area contributed by atoms with Crippen LogP contribution in [-0.4, -0.2) is 49.6 Å². The van der Waals surface area contributed by atoms with E-state index < -0.39 is 23.4 Å². The van der Waals surface area contributed by atoms with Gasteiger partial charge in [-0.1, -0.05) is 24.3 Å². The molecule has 2 aromatic carbocycles. The van der Waals surface area contributed by atoms with Gasteiger partial charge >= 0.3 is 6.03 Å². The number of rotatable bonds is 9. The number of nitrogens with zero attached hydrogens (tertiary/aromatic N) is 1. The Morgan fingerprint density at radius 2 is 1.71 bits per heavy atom. The predicted octanol–water partition coefficient (Wildman–Crippen LogP) is 2.22. The molecule has 1 atom stereocenters. The molecule has 0 radical (unpaired) electrons. The number of hydrogen-bond donors (Lipinski definition) is 2. The fourth-order valence-corrected chi connectivity index (χ4v) is 3.43. The van der Waals surface area contributed by atoms with E-state index in [0.29, 0.717) is 30.9 Å². The SMILES string of the molecule is CCOc1ccc([C@]2(C)NC(=O)N(CC(=O)NCCc3ccc(OC)cc3)C2=O)cc1. The van der Waals surface area contributed by atoms with Crippen LogP contribution in [0.1, 0.15) is 25.0 Å². The van der Waals surface area contributed by atoms with Crippen molar-refractivity contribution in [2.75, 3.05) is 26.8 Å². The molecule has 2 N–H and O–H groups in total. The van der Waals surface area contributed by atoms with Crippen LogP contribution in [0.25, 0.3) is 0 Å². The van der Waals surface area contributed by atoms with Gasteiger partial charge in [0.15, 0.2) is 0 Å². The molecule has 164 valence electrons. The number of urea groups is 1. The summed E-state index contributed by atoms with van der Waals surface area (Å²) in [6.45, 7) is 4.11. The summed E-state index contributed by atoms with van der Waals surface area (Å²) >= 11 is 0. The maximum absolute atomic E-state index is 13.0. The van der Waals surface area contributed by atoms with Gasteiger partial charge in [0.1, 0.15) is 23.6 Å². The zero-order valence-electron chi connectivity index (χ0n) is 17.9. The first-order valence-electron chi connectivity index (χ1n) is 10.1. The van der Waals surface area contributed by atoms with Crippen molar-refractivity contribution < 1.29 is 23.9 Å². The van der Waals surface area contributed by atoms with Gasteiger partial charge in [0.25, 0.3) is 5.91 Å². The molecule has 3 rings (SSSR count). The van der Waals surface area contributed by atoms with Gasteiger partial charge in [-0.3, -0.25) is 14.5 Å². The molecule has 8 heteroatoms. The predicted molar refractivity (Wildman–Crippen MR) is 115 cm³/mol. The lowest BCUT2D eigenvalue weighted by molar-refractivity contribution is -0.134. The third-order valence-electron chi connectivity index (χ3n) is 5.21. The molecule has 1 saturated heterocycles. The Bertz CT molecular complexity index is 943. The molecule has 0 aliphatic carbocycles. The van der Waals surface area contributed by atoms with Crippen molar-refractivity contribution in [3.8, 4) is 11.5 Å². The summed E-state index contributed by atoms with van der Waals surface area (Å²) in [6, 6.07) is 13.9. The van der Waals surface area contributed by atoms with E-state index in [2.05, 4.69) is 10.6 Å². The van der Waals surface area contributed by atoms with E-state index in [1.54, 1.807) is 38.3 Å². The molecule has 2 aromatic rings. The third kappa shape index (κ3) is 4.96. The van der Waals surface area contributed by atoms with E-state index in [-0.39, 0.29) is 6.54 Å². The minimum atomic E-state index is -1.23. The Labute approximate surface area is 181 Å². The molecule has 1 aliphatic rings. The summed E-state index contributed by atoms with van der Waals surface area (Å²) in [6.07, 6.45) is 0.625. The number of carbonyl (C=O) groups is 3. The smallest absolute Gasteiger partial charge is 0.325 e. The minimum Gasteiger partial charge on any atom is -0.497 e. The maximum atomic E-state index is 13.0. The highest BCUT2D eigenvalue weighted by molar-refractivity contribution is 6.09. The zero-order valence-corrected chi connectivity index (χ0v) is 17.9. The number of methoxy groups -OCH3 is 1. The average Bonchev–Trinajstić information content (AvgIpc) is 2.99. The third-order valence-corrected chi connectivity index (χ3v) is 5.21. The first kappa shape index (κ1) is 22.1. The second-order valence-corrected chi connectivity index (χ2v) is 7.35. The monoisotopic (exact) mass is 425 g/mol. The van der Waals surface area contributed by atoms with Crippen LogP contribution in [0.15, 0.2) is 48.5 Å². The van der Waals surface area contributed by atoms with E-state index in [1.807, 2.05) is 31.2 Å². The van der Waals surface area contributed by atoms with Crippen LogP contribution in [0, 0.1) is 0 Å². The van der Waals surface area contributed by atoms with Crippen molar-refractivity contribution in [1.29, 1.82) is 0 Å². The Hall–Kier alpha value is -3.55. The van der Waals surface area contributed by atoms with E-state index in [0.717, 1.165) is 16.2 Å². The molecule has 1 fully saturated rings. The lowest BCUT2D eigenvalue weighted by Gasteiger charge is -2.22. The molecule has 0 unspecified atom stereocenters. The number of ether oxygens (including phenoxy) is 2. The highest BCUT2D eigenvalue weighted by Gasteiger charge is 2.49. The molecule has 1 heterocycles. The first-order valence-corrected chi connectivity index (χ1v) is 10.1. The van der Waals surface area contributed by atoms with Crippen molar-refractivity contribution in [2.45, 2.75) is 25.8 Å². The van der Waals surface area contributed by atoms with Crippen LogP contribution < -0.4 is 20.1 Å². The first-order chi connectivity index (χ1) is 14.9. The fourth-order valence-electron chi connectivity index (χ4n) is 3.43. The lowest BCUT2D eigenvalue weighted by atomic mass is 9.92. The summed E-state index contributed by atoms with van der Waals surface area (Å²) in [4.78, 5) is 38.6. The zero-order chi connectivity index (χ0) is 22.4. The highest BCUT2D eigenvalue weighted by Crippen LogP contribution is 2.30. The topological polar surface area (TPSA) is 97.0 Å². The van der Waals surface area contributed by atoms with E-state index in [1.165, 1.54) is 0 Å². The Morgan fingerprint density at radius 1 is 1.06 bits per heavy atom. The largest absolute Gasteiger partial charge is 0.497 e. The molecule has 4 amide bonds. The summed E-state index contributed by atoms with van der Waals surface area (Å²) in [7, 11) is 1.60. The van der Waals surface area contributed by atoms with Crippen molar-refractivity contribution in [2.24, 2.45) is 0 Å². The molecule has 1 aliphatic heterocycles. The van der Waals surface area contributed by atoms with Crippen LogP contribution in [-0.2, 0) is 21.5 Å². The van der Waals surface area contributed by atoms with Crippen LogP contribution >= 0.6 is 0 Å². The van der Waals surface area contributed by atoms with Gasteiger partial charge in [0.05, 0.1) is 13.7 Å². The highest BCUT2D eigenvalue weighted by atomic mass is 16.5. The second kappa shape index (κ2) is 9.51. The normalized spacial score (nSPS) is 18.0. The number of nitrogens with one attached hydrogen (secondary N) is 2. The van der Waals surface area contributed by atoms with Gasteiger partial charge < -0.3 is 20.1 Å². The summed E-state index contributed by atoms with van der Waals surface area (Å²) in [5.41, 5.74) is 0.432. The summed E-state index contributed by atoms with van der Waals surface area (Å²) < 4.78 is 10.5. The number of benzene rings is 2. The van der Waals surface area contributed by atoms with Crippen LogP contribution in [0.3, 0.4) is 0 Å². The molecule has 0 spiro atoms. The Kier molecular flexibility index (Phi) is 6.79. The van der Waals surface area contributed by atoms with Gasteiger partial charge in [-0.05, 0) is 55.7 Å². The van der Waals surface area contributed by atoms with Crippen molar-refractivity contribution >= 4 is 17.8 Å². The average molecular weight is 425 g/mol. The molecular weight excluding hydrogens is 398 g/mol. The van der Waals surface area contributed by atoms with Crippen molar-refractivity contribution in [1.82, 2.24) is 15.5 Å². The van der Waals surface area contributed by atoms with Crippen LogP contribution in [0.4, 0.5) is 4.79 Å². The molecule has 0 saturated carbocycles. The van der Waals surface area contributed by atoms with Gasteiger partial charge in [0.2, 0.25) is 5.91 Å². The van der Waals surface area contributed by atoms with Crippen molar-refractivity contribution in [3.63, 3.8) is 0 Å².